The number of hydrogen-bond donors (Lipinski definition) is 0. The Kier molecular flexibility index (Phi) is 5.79. The Labute approximate surface area is 167 Å². The van der Waals surface area contributed by atoms with Crippen molar-refractivity contribution in [1.29, 1.82) is 0 Å². The lowest BCUT2D eigenvalue weighted by molar-refractivity contribution is 0.0714. The standard InChI is InChI=1S/C21H21ClFN3O2/c1-4-18(25(3)20(27)13-7-6-8-15(23)11-13)19-24-17-12-14(22)9-10-16(17)21(28)26(19)5-2/h6-12,18H,4-5H2,1-3H3. The van der Waals surface area contributed by atoms with Crippen molar-refractivity contribution in [1.82, 2.24) is 14.5 Å². The van der Waals surface area contributed by atoms with Gasteiger partial charge in [0.2, 0.25) is 0 Å². The zero-order valence-electron chi connectivity index (χ0n) is 15.9. The summed E-state index contributed by atoms with van der Waals surface area (Å²) in [6.07, 6.45) is 0.538. The second-order valence-electron chi connectivity index (χ2n) is 6.53. The van der Waals surface area contributed by atoms with E-state index in [0.29, 0.717) is 34.7 Å². The fourth-order valence-electron chi connectivity index (χ4n) is 3.37. The van der Waals surface area contributed by atoms with Crippen LogP contribution in [0.2, 0.25) is 5.02 Å². The summed E-state index contributed by atoms with van der Waals surface area (Å²) in [5.74, 6) is -0.331. The van der Waals surface area contributed by atoms with Crippen molar-refractivity contribution < 1.29 is 9.18 Å². The van der Waals surface area contributed by atoms with Gasteiger partial charge in [-0.05, 0) is 49.7 Å². The van der Waals surface area contributed by atoms with Crippen molar-refractivity contribution >= 4 is 28.4 Å². The van der Waals surface area contributed by atoms with Gasteiger partial charge < -0.3 is 4.90 Å². The minimum absolute atomic E-state index is 0.177. The number of hydrogen-bond acceptors (Lipinski definition) is 3. The number of carbonyl (C=O) groups is 1. The first-order chi connectivity index (χ1) is 13.4. The molecule has 1 aromatic heterocycles. The van der Waals surface area contributed by atoms with Crippen LogP contribution in [0.25, 0.3) is 10.9 Å². The van der Waals surface area contributed by atoms with Crippen molar-refractivity contribution in [2.24, 2.45) is 0 Å². The first kappa shape index (κ1) is 20.0. The van der Waals surface area contributed by atoms with Gasteiger partial charge in [-0.15, -0.1) is 0 Å². The van der Waals surface area contributed by atoms with Crippen molar-refractivity contribution in [3.63, 3.8) is 0 Å². The van der Waals surface area contributed by atoms with E-state index < -0.39 is 11.9 Å². The summed E-state index contributed by atoms with van der Waals surface area (Å²) in [4.78, 5) is 32.0. The SMILES string of the molecule is CCC(c1nc2cc(Cl)ccc2c(=O)n1CC)N(C)C(=O)c1cccc(F)c1. The maximum absolute atomic E-state index is 13.5. The lowest BCUT2D eigenvalue weighted by Crippen LogP contribution is -2.36. The molecule has 1 heterocycles. The van der Waals surface area contributed by atoms with Crippen LogP contribution in [0.4, 0.5) is 4.39 Å². The van der Waals surface area contributed by atoms with E-state index in [1.165, 1.54) is 23.1 Å². The Morgan fingerprint density at radius 3 is 2.64 bits per heavy atom. The Morgan fingerprint density at radius 2 is 2.00 bits per heavy atom. The lowest BCUT2D eigenvalue weighted by atomic mass is 10.1. The largest absolute Gasteiger partial charge is 0.332 e. The van der Waals surface area contributed by atoms with Gasteiger partial charge in [0.25, 0.3) is 11.5 Å². The molecule has 0 aliphatic carbocycles. The first-order valence-electron chi connectivity index (χ1n) is 9.10. The molecule has 0 aliphatic heterocycles. The molecule has 5 nitrogen and oxygen atoms in total. The predicted octanol–water partition coefficient (Wildman–Crippen LogP) is 4.43. The highest BCUT2D eigenvalue weighted by molar-refractivity contribution is 6.31. The average Bonchev–Trinajstić information content (AvgIpc) is 2.67. The van der Waals surface area contributed by atoms with Crippen LogP contribution in [0.5, 0.6) is 0 Å². The minimum atomic E-state index is -0.476. The van der Waals surface area contributed by atoms with Crippen molar-refractivity contribution in [3.8, 4) is 0 Å². The van der Waals surface area contributed by atoms with Crippen molar-refractivity contribution in [2.45, 2.75) is 32.9 Å². The van der Waals surface area contributed by atoms with Crippen LogP contribution < -0.4 is 5.56 Å². The quantitative estimate of drug-likeness (QED) is 0.635. The van der Waals surface area contributed by atoms with Crippen LogP contribution in [-0.4, -0.2) is 27.4 Å². The van der Waals surface area contributed by atoms with Crippen molar-refractivity contribution in [3.05, 3.63) is 75.0 Å². The third kappa shape index (κ3) is 3.64. The van der Waals surface area contributed by atoms with Gasteiger partial charge in [-0.3, -0.25) is 14.2 Å². The summed E-state index contributed by atoms with van der Waals surface area (Å²) in [7, 11) is 1.63. The van der Waals surface area contributed by atoms with E-state index in [1.807, 2.05) is 13.8 Å². The summed E-state index contributed by atoms with van der Waals surface area (Å²) in [6, 6.07) is 10.1. The molecule has 0 aliphatic rings. The van der Waals surface area contributed by atoms with Gasteiger partial charge in [-0.1, -0.05) is 24.6 Å². The van der Waals surface area contributed by atoms with Gasteiger partial charge in [0, 0.05) is 24.2 Å². The molecule has 1 unspecified atom stereocenters. The number of benzene rings is 2. The van der Waals surface area contributed by atoms with E-state index in [2.05, 4.69) is 4.98 Å². The lowest BCUT2D eigenvalue weighted by Gasteiger charge is -2.29. The van der Waals surface area contributed by atoms with Gasteiger partial charge in [0.15, 0.2) is 0 Å². The summed E-state index contributed by atoms with van der Waals surface area (Å²) < 4.78 is 15.1. The number of carbonyl (C=O) groups excluding carboxylic acids is 1. The predicted molar refractivity (Wildman–Crippen MR) is 108 cm³/mol. The molecule has 28 heavy (non-hydrogen) atoms. The fraction of sp³-hybridized carbons (Fsp3) is 0.286. The average molecular weight is 402 g/mol. The van der Waals surface area contributed by atoms with Crippen LogP contribution in [0.3, 0.4) is 0 Å². The van der Waals surface area contributed by atoms with Gasteiger partial charge in [-0.2, -0.15) is 0 Å². The van der Waals surface area contributed by atoms with E-state index in [9.17, 15) is 14.0 Å². The minimum Gasteiger partial charge on any atom is -0.332 e. The Balaban J connectivity index is 2.12. The number of halogens is 2. The van der Waals surface area contributed by atoms with Gasteiger partial charge in [0.05, 0.1) is 16.9 Å². The molecule has 0 radical (unpaired) electrons. The number of amides is 1. The van der Waals surface area contributed by atoms with E-state index >= 15 is 0 Å². The zero-order valence-corrected chi connectivity index (χ0v) is 16.7. The van der Waals surface area contributed by atoms with Gasteiger partial charge in [-0.25, -0.2) is 9.37 Å². The summed E-state index contributed by atoms with van der Waals surface area (Å²) >= 11 is 6.07. The highest BCUT2D eigenvalue weighted by Gasteiger charge is 2.26. The summed E-state index contributed by atoms with van der Waals surface area (Å²) in [6.45, 7) is 4.18. The topological polar surface area (TPSA) is 55.2 Å². The monoisotopic (exact) mass is 401 g/mol. The molecule has 1 amide bonds. The zero-order chi connectivity index (χ0) is 20.4. The first-order valence-corrected chi connectivity index (χ1v) is 9.47. The van der Waals surface area contributed by atoms with Crippen LogP contribution in [0.15, 0.2) is 47.3 Å². The molecule has 3 aromatic rings. The normalized spacial score (nSPS) is 12.2. The summed E-state index contributed by atoms with van der Waals surface area (Å²) in [5, 5.41) is 0.959. The highest BCUT2D eigenvalue weighted by Crippen LogP contribution is 2.25. The third-order valence-electron chi connectivity index (χ3n) is 4.81. The number of aromatic nitrogens is 2. The van der Waals surface area contributed by atoms with Gasteiger partial charge in [0.1, 0.15) is 11.6 Å². The van der Waals surface area contributed by atoms with E-state index in [1.54, 1.807) is 35.9 Å². The molecule has 2 aromatic carbocycles. The molecule has 0 spiro atoms. The highest BCUT2D eigenvalue weighted by atomic mass is 35.5. The summed E-state index contributed by atoms with van der Waals surface area (Å²) in [5.41, 5.74) is 0.557. The smallest absolute Gasteiger partial charge is 0.261 e. The molecule has 1 atom stereocenters. The maximum Gasteiger partial charge on any atom is 0.261 e. The van der Waals surface area contributed by atoms with Crippen LogP contribution in [-0.2, 0) is 6.54 Å². The number of fused-ring (bicyclic) bond motifs is 1. The molecule has 0 fully saturated rings. The molecule has 0 saturated heterocycles. The van der Waals surface area contributed by atoms with E-state index in [-0.39, 0.29) is 17.0 Å². The Bertz CT molecular complexity index is 1100. The van der Waals surface area contributed by atoms with Gasteiger partial charge >= 0.3 is 0 Å². The van der Waals surface area contributed by atoms with E-state index in [4.69, 9.17) is 11.6 Å². The second-order valence-corrected chi connectivity index (χ2v) is 6.97. The molecular weight excluding hydrogens is 381 g/mol. The van der Waals surface area contributed by atoms with Crippen LogP contribution >= 0.6 is 11.6 Å². The molecule has 146 valence electrons. The second kappa shape index (κ2) is 8.10. The Hall–Kier alpha value is -2.73. The number of rotatable bonds is 5. The fourth-order valence-corrected chi connectivity index (χ4v) is 3.53. The van der Waals surface area contributed by atoms with Crippen LogP contribution in [0.1, 0.15) is 42.5 Å². The molecular formula is C21H21ClFN3O2. The van der Waals surface area contributed by atoms with Crippen molar-refractivity contribution in [2.75, 3.05) is 7.05 Å². The maximum atomic E-state index is 13.5. The Morgan fingerprint density at radius 1 is 1.25 bits per heavy atom. The molecule has 0 saturated carbocycles. The van der Waals surface area contributed by atoms with E-state index in [0.717, 1.165) is 0 Å². The third-order valence-corrected chi connectivity index (χ3v) is 5.04. The molecule has 0 N–H and O–H groups in total. The molecule has 0 bridgehead atoms. The molecule has 7 heteroatoms. The molecule has 3 rings (SSSR count). The number of nitrogens with zero attached hydrogens (tertiary/aromatic N) is 3. The van der Waals surface area contributed by atoms with Crippen LogP contribution in [0, 0.1) is 5.82 Å².